The molecule has 0 amide bonds. The van der Waals surface area contributed by atoms with Gasteiger partial charge in [-0.25, -0.2) is 0 Å². The minimum Gasteiger partial charge on any atom is -0.389 e. The molecule has 1 N–H and O–H groups in total. The molecule has 0 fully saturated rings. The number of aryl methyl sites for hydroxylation is 1. The van der Waals surface area contributed by atoms with Crippen molar-refractivity contribution in [3.05, 3.63) is 34.9 Å². The van der Waals surface area contributed by atoms with Gasteiger partial charge in [0.15, 0.2) is 0 Å². The van der Waals surface area contributed by atoms with E-state index < -0.39 is 5.60 Å². The van der Waals surface area contributed by atoms with Gasteiger partial charge in [0.1, 0.15) is 0 Å². The summed E-state index contributed by atoms with van der Waals surface area (Å²) in [6.45, 7) is 4.08. The second-order valence-electron chi connectivity index (χ2n) is 4.31. The van der Waals surface area contributed by atoms with Crippen LogP contribution in [0.3, 0.4) is 0 Å². The molecule has 0 aliphatic heterocycles. The van der Waals surface area contributed by atoms with Crippen molar-refractivity contribution in [2.75, 3.05) is 0 Å². The molecule has 1 aliphatic carbocycles. The van der Waals surface area contributed by atoms with Crippen molar-refractivity contribution in [3.63, 3.8) is 0 Å². The Labute approximate surface area is 86.8 Å². The summed E-state index contributed by atoms with van der Waals surface area (Å²) in [5.41, 5.74) is 3.53. The highest BCUT2D eigenvalue weighted by molar-refractivity contribution is 5.38. The number of benzene rings is 1. The molecule has 1 heteroatoms. The van der Waals surface area contributed by atoms with Crippen LogP contribution in [0.4, 0.5) is 0 Å². The molecule has 1 atom stereocenters. The number of fused-ring (bicyclic) bond motifs is 1. The maximum absolute atomic E-state index is 9.88. The highest BCUT2D eigenvalue weighted by Crippen LogP contribution is 2.30. The van der Waals surface area contributed by atoms with E-state index in [1.165, 1.54) is 16.7 Å². The van der Waals surface area contributed by atoms with E-state index in [2.05, 4.69) is 25.1 Å². The molecule has 0 radical (unpaired) electrons. The molecule has 2 rings (SSSR count). The molecule has 0 saturated carbocycles. The van der Waals surface area contributed by atoms with Crippen molar-refractivity contribution in [1.82, 2.24) is 0 Å². The van der Waals surface area contributed by atoms with E-state index in [4.69, 9.17) is 0 Å². The van der Waals surface area contributed by atoms with Gasteiger partial charge in [-0.2, -0.15) is 0 Å². The average molecular weight is 192 g/mol. The van der Waals surface area contributed by atoms with Crippen molar-refractivity contribution in [2.24, 2.45) is 0 Å². The number of rotatable bonds is 1. The Bertz CT molecular complexity index is 326. The Kier molecular flexibility index (Phi) is 3.01. The van der Waals surface area contributed by atoms with Crippen LogP contribution < -0.4 is 0 Å². The SMILES string of the molecule is C.CCc1ccc2c(c1)CC(C)(O)C2. The van der Waals surface area contributed by atoms with Crippen molar-refractivity contribution < 1.29 is 5.11 Å². The summed E-state index contributed by atoms with van der Waals surface area (Å²) in [6.07, 6.45) is 2.71. The Morgan fingerprint density at radius 1 is 1.29 bits per heavy atom. The van der Waals surface area contributed by atoms with E-state index in [0.29, 0.717) is 0 Å². The first-order valence-corrected chi connectivity index (χ1v) is 4.94. The largest absolute Gasteiger partial charge is 0.389 e. The maximum Gasteiger partial charge on any atom is 0.0700 e. The van der Waals surface area contributed by atoms with Crippen LogP contribution in [0.5, 0.6) is 0 Å². The van der Waals surface area contributed by atoms with Crippen molar-refractivity contribution >= 4 is 0 Å². The maximum atomic E-state index is 9.88. The van der Waals surface area contributed by atoms with Gasteiger partial charge in [-0.1, -0.05) is 32.5 Å². The van der Waals surface area contributed by atoms with Crippen molar-refractivity contribution in [1.29, 1.82) is 0 Å². The van der Waals surface area contributed by atoms with Crippen LogP contribution in [-0.4, -0.2) is 10.7 Å². The fourth-order valence-electron chi connectivity index (χ4n) is 2.12. The quantitative estimate of drug-likeness (QED) is 0.725. The first-order valence-electron chi connectivity index (χ1n) is 4.94. The molecule has 0 bridgehead atoms. The van der Waals surface area contributed by atoms with E-state index in [0.717, 1.165) is 19.3 Å². The van der Waals surface area contributed by atoms with E-state index in [1.807, 2.05) is 6.92 Å². The topological polar surface area (TPSA) is 20.2 Å². The summed E-state index contributed by atoms with van der Waals surface area (Å²) in [4.78, 5) is 0. The van der Waals surface area contributed by atoms with Crippen LogP contribution in [0.25, 0.3) is 0 Å². The summed E-state index contributed by atoms with van der Waals surface area (Å²) >= 11 is 0. The third-order valence-electron chi connectivity index (χ3n) is 2.82. The fraction of sp³-hybridized carbons (Fsp3) is 0.538. The van der Waals surface area contributed by atoms with Crippen LogP contribution in [-0.2, 0) is 19.3 Å². The van der Waals surface area contributed by atoms with Gasteiger partial charge in [-0.15, -0.1) is 0 Å². The van der Waals surface area contributed by atoms with Crippen LogP contribution >= 0.6 is 0 Å². The van der Waals surface area contributed by atoms with Gasteiger partial charge in [0, 0.05) is 12.8 Å². The zero-order valence-corrected chi connectivity index (χ0v) is 8.30. The predicted octanol–water partition coefficient (Wildman–Crippen LogP) is 2.73. The van der Waals surface area contributed by atoms with Crippen molar-refractivity contribution in [2.45, 2.75) is 46.1 Å². The minimum absolute atomic E-state index is 0. The van der Waals surface area contributed by atoms with E-state index in [-0.39, 0.29) is 7.43 Å². The molecule has 1 unspecified atom stereocenters. The number of hydrogen-bond acceptors (Lipinski definition) is 1. The lowest BCUT2D eigenvalue weighted by Crippen LogP contribution is -2.23. The summed E-state index contributed by atoms with van der Waals surface area (Å²) in [5.74, 6) is 0. The van der Waals surface area contributed by atoms with Crippen molar-refractivity contribution in [3.8, 4) is 0 Å². The van der Waals surface area contributed by atoms with Gasteiger partial charge in [-0.3, -0.25) is 0 Å². The lowest BCUT2D eigenvalue weighted by atomic mass is 10.0. The molecule has 1 nitrogen and oxygen atoms in total. The molecule has 0 saturated heterocycles. The first kappa shape index (κ1) is 11.3. The monoisotopic (exact) mass is 192 g/mol. The second kappa shape index (κ2) is 3.74. The fourth-order valence-corrected chi connectivity index (χ4v) is 2.12. The minimum atomic E-state index is -0.505. The third kappa shape index (κ3) is 1.98. The highest BCUT2D eigenvalue weighted by Gasteiger charge is 2.29. The molecule has 1 aromatic carbocycles. The van der Waals surface area contributed by atoms with Gasteiger partial charge >= 0.3 is 0 Å². The second-order valence-corrected chi connectivity index (χ2v) is 4.31. The van der Waals surface area contributed by atoms with Gasteiger partial charge in [0.25, 0.3) is 0 Å². The van der Waals surface area contributed by atoms with Gasteiger partial charge in [0.05, 0.1) is 5.60 Å². The van der Waals surface area contributed by atoms with Crippen LogP contribution in [0, 0.1) is 0 Å². The lowest BCUT2D eigenvalue weighted by molar-refractivity contribution is 0.0719. The number of hydrogen-bond donors (Lipinski definition) is 1. The highest BCUT2D eigenvalue weighted by atomic mass is 16.3. The molecule has 78 valence electrons. The molecule has 0 heterocycles. The smallest absolute Gasteiger partial charge is 0.0700 e. The molecular formula is C13H20O. The van der Waals surface area contributed by atoms with Gasteiger partial charge < -0.3 is 5.11 Å². The van der Waals surface area contributed by atoms with E-state index in [1.54, 1.807) is 0 Å². The Morgan fingerprint density at radius 2 is 1.93 bits per heavy atom. The molecule has 1 aromatic rings. The molecule has 0 spiro atoms. The van der Waals surface area contributed by atoms with E-state index in [9.17, 15) is 5.11 Å². The molecule has 1 aliphatic rings. The zero-order chi connectivity index (χ0) is 9.47. The van der Waals surface area contributed by atoms with E-state index >= 15 is 0 Å². The average Bonchev–Trinajstić information content (AvgIpc) is 2.36. The summed E-state index contributed by atoms with van der Waals surface area (Å²) in [6, 6.07) is 6.56. The standard InChI is InChI=1S/C12H16O.CH4/c1-3-9-4-5-10-7-12(2,13)8-11(10)6-9;/h4-6,13H,3,7-8H2,1-2H3;1H4. The molecule has 14 heavy (non-hydrogen) atoms. The third-order valence-corrected chi connectivity index (χ3v) is 2.82. The van der Waals surface area contributed by atoms with Gasteiger partial charge in [0.2, 0.25) is 0 Å². The summed E-state index contributed by atoms with van der Waals surface area (Å²) in [5, 5.41) is 9.88. The first-order chi connectivity index (χ1) is 6.11. The Morgan fingerprint density at radius 3 is 2.57 bits per heavy atom. The Balaban J connectivity index is 0.000000980. The summed E-state index contributed by atoms with van der Waals surface area (Å²) in [7, 11) is 0. The molecule has 0 aromatic heterocycles. The Hall–Kier alpha value is -0.820. The lowest BCUT2D eigenvalue weighted by Gasteiger charge is -2.13. The number of aliphatic hydroxyl groups is 1. The summed E-state index contributed by atoms with van der Waals surface area (Å²) < 4.78 is 0. The zero-order valence-electron chi connectivity index (χ0n) is 8.30. The van der Waals surface area contributed by atoms with Crippen LogP contribution in [0.15, 0.2) is 18.2 Å². The molecular weight excluding hydrogens is 172 g/mol. The normalized spacial score (nSPS) is 24.2. The predicted molar refractivity (Wildman–Crippen MR) is 60.6 cm³/mol. The van der Waals surface area contributed by atoms with Crippen LogP contribution in [0.2, 0.25) is 0 Å². The van der Waals surface area contributed by atoms with Gasteiger partial charge in [-0.05, 0) is 30.0 Å². The van der Waals surface area contributed by atoms with Crippen LogP contribution in [0.1, 0.15) is 38.0 Å².